The van der Waals surface area contributed by atoms with E-state index in [-0.39, 0.29) is 30.4 Å². The van der Waals surface area contributed by atoms with Gasteiger partial charge in [0, 0.05) is 38.1 Å². The maximum Gasteiger partial charge on any atom is 0.416 e. The third kappa shape index (κ3) is 4.11. The molecule has 8 nitrogen and oxygen atoms in total. The van der Waals surface area contributed by atoms with E-state index < -0.39 is 27.8 Å². The summed E-state index contributed by atoms with van der Waals surface area (Å²) in [4.78, 5) is 18.6. The van der Waals surface area contributed by atoms with E-state index in [2.05, 4.69) is 26.0 Å². The minimum absolute atomic E-state index is 0.00723. The number of amides is 1. The number of fused-ring (bicyclic) bond motifs is 1. The molecule has 1 saturated heterocycles. The zero-order valence-electron chi connectivity index (χ0n) is 16.6. The maximum absolute atomic E-state index is 13.1. The van der Waals surface area contributed by atoms with Gasteiger partial charge in [-0.25, -0.2) is 17.9 Å². The van der Waals surface area contributed by atoms with E-state index in [1.165, 1.54) is 15.0 Å². The number of alkyl halides is 3. The lowest BCUT2D eigenvalue weighted by Crippen LogP contribution is -2.55. The van der Waals surface area contributed by atoms with Crippen molar-refractivity contribution in [2.75, 3.05) is 19.6 Å². The number of rotatable bonds is 3. The minimum Gasteiger partial charge on any atom is -0.333 e. The molecular weight excluding hydrogens is 515 g/mol. The maximum atomic E-state index is 13.1. The molecule has 0 aliphatic carbocycles. The van der Waals surface area contributed by atoms with Gasteiger partial charge in [-0.2, -0.15) is 22.6 Å². The van der Waals surface area contributed by atoms with Gasteiger partial charge in [-0.3, -0.25) is 4.79 Å². The number of hydrogen-bond acceptors (Lipinski definition) is 5. The van der Waals surface area contributed by atoms with Gasteiger partial charge in [0.15, 0.2) is 5.65 Å². The van der Waals surface area contributed by atoms with E-state index in [1.807, 2.05) is 0 Å². The van der Waals surface area contributed by atoms with E-state index in [0.717, 1.165) is 24.3 Å². The van der Waals surface area contributed by atoms with Gasteiger partial charge < -0.3 is 4.90 Å². The van der Waals surface area contributed by atoms with Crippen LogP contribution >= 0.6 is 15.9 Å². The summed E-state index contributed by atoms with van der Waals surface area (Å²) >= 11 is 3.29. The Morgan fingerprint density at radius 2 is 1.84 bits per heavy atom. The summed E-state index contributed by atoms with van der Waals surface area (Å²) in [5.41, 5.74) is -0.247. The Kier molecular flexibility index (Phi) is 5.75. The molecule has 1 amide bonds. The van der Waals surface area contributed by atoms with Gasteiger partial charge in [-0.1, -0.05) is 0 Å². The van der Waals surface area contributed by atoms with Crippen molar-refractivity contribution in [1.82, 2.24) is 23.8 Å². The third-order valence-corrected chi connectivity index (χ3v) is 7.51. The Morgan fingerprint density at radius 3 is 2.47 bits per heavy atom. The Morgan fingerprint density at radius 1 is 1.16 bits per heavy atom. The summed E-state index contributed by atoms with van der Waals surface area (Å²) in [6.45, 7) is 1.85. The lowest BCUT2D eigenvalue weighted by atomic mass is 10.2. The molecule has 0 spiro atoms. The number of carbonyl (C=O) groups is 1. The number of sulfonamides is 1. The van der Waals surface area contributed by atoms with Crippen LogP contribution in [0.25, 0.3) is 5.65 Å². The van der Waals surface area contributed by atoms with E-state index in [1.54, 1.807) is 24.2 Å². The fourth-order valence-corrected chi connectivity index (χ4v) is 5.38. The molecule has 1 aromatic carbocycles. The lowest BCUT2D eigenvalue weighted by molar-refractivity contribution is -0.137. The summed E-state index contributed by atoms with van der Waals surface area (Å²) < 4.78 is 67.5. The Labute approximate surface area is 189 Å². The summed E-state index contributed by atoms with van der Waals surface area (Å²) in [6.07, 6.45) is 0.0733. The number of nitrogens with zero attached hydrogens (tertiary/aromatic N) is 5. The summed E-state index contributed by atoms with van der Waals surface area (Å²) in [5.74, 6) is -0.325. The van der Waals surface area contributed by atoms with Gasteiger partial charge in [0.1, 0.15) is 5.56 Å². The fraction of sp³-hybridized carbons (Fsp3) is 0.316. The van der Waals surface area contributed by atoms with Crippen molar-refractivity contribution in [2.45, 2.75) is 24.0 Å². The van der Waals surface area contributed by atoms with Crippen LogP contribution in [-0.2, 0) is 16.2 Å². The average Bonchev–Trinajstić information content (AvgIpc) is 3.15. The van der Waals surface area contributed by atoms with Crippen LogP contribution in [0.15, 0.2) is 52.2 Å². The monoisotopic (exact) mass is 531 g/mol. The van der Waals surface area contributed by atoms with Crippen molar-refractivity contribution >= 4 is 37.5 Å². The van der Waals surface area contributed by atoms with Crippen molar-refractivity contribution in [2.24, 2.45) is 0 Å². The molecule has 32 heavy (non-hydrogen) atoms. The van der Waals surface area contributed by atoms with Crippen LogP contribution in [0.5, 0.6) is 0 Å². The molecule has 1 aliphatic rings. The van der Waals surface area contributed by atoms with E-state index in [4.69, 9.17) is 0 Å². The SMILES string of the molecule is C[C@H]1CN(S(=O)(=O)c2ccc(C(F)(F)F)cc2)CCN1C(=O)c1cnn2cc(Br)cnc12. The van der Waals surface area contributed by atoms with Crippen LogP contribution in [0.3, 0.4) is 0 Å². The minimum atomic E-state index is -4.55. The van der Waals surface area contributed by atoms with Gasteiger partial charge >= 0.3 is 6.18 Å². The van der Waals surface area contributed by atoms with Gasteiger partial charge in [0.2, 0.25) is 10.0 Å². The number of aromatic nitrogens is 3. The molecule has 0 bridgehead atoms. The highest BCUT2D eigenvalue weighted by Gasteiger charge is 2.36. The highest BCUT2D eigenvalue weighted by atomic mass is 79.9. The van der Waals surface area contributed by atoms with E-state index in [0.29, 0.717) is 15.7 Å². The van der Waals surface area contributed by atoms with Crippen LogP contribution in [0.1, 0.15) is 22.8 Å². The van der Waals surface area contributed by atoms with Gasteiger partial charge in [0.05, 0.1) is 21.1 Å². The Hall–Kier alpha value is -2.51. The number of carbonyl (C=O) groups excluding carboxylic acids is 1. The van der Waals surface area contributed by atoms with Crippen LogP contribution in [0, 0.1) is 0 Å². The van der Waals surface area contributed by atoms with Crippen LogP contribution < -0.4 is 0 Å². The molecule has 0 N–H and O–H groups in total. The molecule has 3 heterocycles. The molecule has 1 fully saturated rings. The highest BCUT2D eigenvalue weighted by Crippen LogP contribution is 2.30. The van der Waals surface area contributed by atoms with Crippen molar-refractivity contribution in [1.29, 1.82) is 0 Å². The largest absolute Gasteiger partial charge is 0.416 e. The molecule has 3 aromatic rings. The second-order valence-corrected chi connectivity index (χ2v) is 10.2. The summed E-state index contributed by atoms with van der Waals surface area (Å²) in [5, 5.41) is 4.13. The first kappa shape index (κ1) is 22.7. The Balaban J connectivity index is 1.51. The summed E-state index contributed by atoms with van der Waals surface area (Å²) in [7, 11) is -4.01. The highest BCUT2D eigenvalue weighted by molar-refractivity contribution is 9.10. The van der Waals surface area contributed by atoms with Crippen LogP contribution in [-0.4, -0.2) is 63.8 Å². The molecule has 0 saturated carbocycles. The Bertz CT molecular complexity index is 1280. The second kappa shape index (κ2) is 8.12. The standard InChI is InChI=1S/C19H17BrF3N5O3S/c1-12-10-26(32(30,31)15-4-2-13(3-5-15)19(21,22)23)6-7-27(12)18(29)16-9-25-28-11-14(20)8-24-17(16)28/h2-5,8-9,11-12H,6-7,10H2,1H3/t12-/m0/s1. The predicted octanol–water partition coefficient (Wildman–Crippen LogP) is 3.05. The van der Waals surface area contributed by atoms with Crippen molar-refractivity contribution in [3.05, 3.63) is 58.5 Å². The molecular formula is C19H17BrF3N5O3S. The molecule has 170 valence electrons. The number of halogens is 4. The van der Waals surface area contributed by atoms with E-state index in [9.17, 15) is 26.4 Å². The number of piperazine rings is 1. The smallest absolute Gasteiger partial charge is 0.333 e. The molecule has 1 atom stereocenters. The van der Waals surface area contributed by atoms with Crippen molar-refractivity contribution < 1.29 is 26.4 Å². The molecule has 13 heteroatoms. The molecule has 1 aliphatic heterocycles. The second-order valence-electron chi connectivity index (χ2n) is 7.33. The first-order valence-electron chi connectivity index (χ1n) is 9.46. The molecule has 0 radical (unpaired) electrons. The third-order valence-electron chi connectivity index (χ3n) is 5.23. The topological polar surface area (TPSA) is 87.9 Å². The molecule has 4 rings (SSSR count). The zero-order chi connectivity index (χ0) is 23.3. The van der Waals surface area contributed by atoms with Crippen LogP contribution in [0.2, 0.25) is 0 Å². The summed E-state index contributed by atoms with van der Waals surface area (Å²) in [6, 6.07) is 2.91. The van der Waals surface area contributed by atoms with Gasteiger partial charge in [0.25, 0.3) is 5.91 Å². The van der Waals surface area contributed by atoms with Gasteiger partial charge in [-0.05, 0) is 47.1 Å². The molecule has 0 unspecified atom stereocenters. The van der Waals surface area contributed by atoms with Crippen molar-refractivity contribution in [3.63, 3.8) is 0 Å². The number of hydrogen-bond donors (Lipinski definition) is 0. The fourth-order valence-electron chi connectivity index (χ4n) is 3.57. The average molecular weight is 532 g/mol. The predicted molar refractivity (Wildman–Crippen MR) is 111 cm³/mol. The zero-order valence-corrected chi connectivity index (χ0v) is 19.0. The van der Waals surface area contributed by atoms with Crippen molar-refractivity contribution in [3.8, 4) is 0 Å². The van der Waals surface area contributed by atoms with Gasteiger partial charge in [-0.15, -0.1) is 0 Å². The number of benzene rings is 1. The van der Waals surface area contributed by atoms with E-state index >= 15 is 0 Å². The normalized spacial score (nSPS) is 18.3. The first-order chi connectivity index (χ1) is 15.0. The lowest BCUT2D eigenvalue weighted by Gasteiger charge is -2.39. The quantitative estimate of drug-likeness (QED) is 0.518. The van der Waals surface area contributed by atoms with Crippen LogP contribution in [0.4, 0.5) is 13.2 Å². The first-order valence-corrected chi connectivity index (χ1v) is 11.7. The molecule has 2 aromatic heterocycles.